The summed E-state index contributed by atoms with van der Waals surface area (Å²) in [4.78, 5) is 0. The van der Waals surface area contributed by atoms with Gasteiger partial charge in [-0.05, 0) is 61.1 Å². The van der Waals surface area contributed by atoms with E-state index in [0.717, 1.165) is 30.4 Å². The molecule has 0 nitrogen and oxygen atoms in total. The van der Waals surface area contributed by atoms with E-state index in [1.54, 1.807) is 18.1 Å². The van der Waals surface area contributed by atoms with E-state index in [0.29, 0.717) is 17.9 Å². The van der Waals surface area contributed by atoms with Gasteiger partial charge >= 0.3 is 0 Å². The van der Waals surface area contributed by atoms with Gasteiger partial charge in [-0.3, -0.25) is 0 Å². The van der Waals surface area contributed by atoms with Crippen LogP contribution in [-0.2, 0) is 6.42 Å². The molecule has 0 aromatic heterocycles. The second-order valence-corrected chi connectivity index (χ2v) is 12.2. The Morgan fingerprint density at radius 2 is 1.46 bits per heavy atom. The molecule has 3 rings (SSSR count). The van der Waals surface area contributed by atoms with E-state index >= 15 is 0 Å². The highest BCUT2D eigenvalue weighted by molar-refractivity contribution is 6.58. The minimum absolute atomic E-state index is 0.378. The number of benzene rings is 1. The quantitative estimate of drug-likeness (QED) is 0.371. The van der Waals surface area contributed by atoms with Crippen LogP contribution in [0.25, 0.3) is 0 Å². The largest absolute Gasteiger partial charge is 0.204 e. The number of hydrogen-bond donors (Lipinski definition) is 0. The lowest BCUT2D eigenvalue weighted by atomic mass is 9.73. The van der Waals surface area contributed by atoms with Gasteiger partial charge in [0.25, 0.3) is 0 Å². The molecule has 146 valence electrons. The predicted molar refractivity (Wildman–Crippen MR) is 105 cm³/mol. The Bertz CT molecular complexity index is 550. The van der Waals surface area contributed by atoms with Gasteiger partial charge in [-0.1, -0.05) is 57.2 Å². The van der Waals surface area contributed by atoms with Crippen molar-refractivity contribution in [2.45, 2.75) is 82.8 Å². The van der Waals surface area contributed by atoms with Crippen molar-refractivity contribution in [3.8, 4) is 0 Å². The molecule has 0 spiro atoms. The fourth-order valence-electron chi connectivity index (χ4n) is 5.43. The molecule has 0 radical (unpaired) electrons. The molecule has 0 bridgehead atoms. The SMILES string of the molecule is CCC[SiH]1CCC(C2CCC(CCc3cc(F)c(F)c(F)c3)CC2)CC1. The Labute approximate surface area is 158 Å². The van der Waals surface area contributed by atoms with E-state index in [-0.39, 0.29) is 8.80 Å². The highest BCUT2D eigenvalue weighted by atomic mass is 28.3. The molecular weight excluding hydrogens is 349 g/mol. The van der Waals surface area contributed by atoms with Crippen LogP contribution in [0.3, 0.4) is 0 Å². The van der Waals surface area contributed by atoms with E-state index in [4.69, 9.17) is 0 Å². The Morgan fingerprint density at radius 3 is 2.04 bits per heavy atom. The molecule has 1 saturated heterocycles. The zero-order valence-electron chi connectivity index (χ0n) is 16.1. The maximum atomic E-state index is 13.3. The van der Waals surface area contributed by atoms with Gasteiger partial charge in [0.15, 0.2) is 17.5 Å². The van der Waals surface area contributed by atoms with Gasteiger partial charge in [0.05, 0.1) is 0 Å². The summed E-state index contributed by atoms with van der Waals surface area (Å²) < 4.78 is 39.7. The molecule has 26 heavy (non-hydrogen) atoms. The summed E-state index contributed by atoms with van der Waals surface area (Å²) in [5.74, 6) is -0.934. The van der Waals surface area contributed by atoms with Crippen LogP contribution in [0.4, 0.5) is 13.2 Å². The molecule has 0 unspecified atom stereocenters. The predicted octanol–water partition coefficient (Wildman–Crippen LogP) is 6.89. The van der Waals surface area contributed by atoms with Crippen molar-refractivity contribution in [1.29, 1.82) is 0 Å². The highest BCUT2D eigenvalue weighted by Crippen LogP contribution is 2.41. The van der Waals surface area contributed by atoms with E-state index in [1.807, 2.05) is 0 Å². The lowest BCUT2D eigenvalue weighted by Crippen LogP contribution is -2.28. The van der Waals surface area contributed by atoms with Crippen LogP contribution >= 0.6 is 0 Å². The first-order chi connectivity index (χ1) is 12.6. The molecule has 1 aromatic rings. The summed E-state index contributed by atoms with van der Waals surface area (Å²) in [5.41, 5.74) is 0.586. The lowest BCUT2D eigenvalue weighted by molar-refractivity contribution is 0.186. The van der Waals surface area contributed by atoms with Crippen molar-refractivity contribution in [1.82, 2.24) is 0 Å². The monoisotopic (exact) mass is 382 g/mol. The number of halogens is 3. The minimum atomic E-state index is -1.36. The summed E-state index contributed by atoms with van der Waals surface area (Å²) in [5, 5.41) is 0. The van der Waals surface area contributed by atoms with Gasteiger partial charge in [-0.15, -0.1) is 0 Å². The van der Waals surface area contributed by atoms with Crippen LogP contribution < -0.4 is 0 Å². The molecule has 0 atom stereocenters. The van der Waals surface area contributed by atoms with Crippen molar-refractivity contribution < 1.29 is 13.2 Å². The Kier molecular flexibility index (Phi) is 7.25. The van der Waals surface area contributed by atoms with Crippen molar-refractivity contribution >= 4 is 8.80 Å². The zero-order valence-corrected chi connectivity index (χ0v) is 17.2. The summed E-state index contributed by atoms with van der Waals surface area (Å²) in [6, 6.07) is 7.00. The van der Waals surface area contributed by atoms with Crippen molar-refractivity contribution in [3.63, 3.8) is 0 Å². The molecular formula is C22H33F3Si. The van der Waals surface area contributed by atoms with E-state index in [1.165, 1.54) is 44.9 Å². The summed E-state index contributed by atoms with van der Waals surface area (Å²) in [7, 11) is -0.378. The Balaban J connectivity index is 1.40. The standard InChI is InChI=1S/C22H33F3Si/c1-2-11-26-12-9-19(10-13-26)18-7-5-16(6-8-18)3-4-17-14-20(23)22(25)21(24)15-17/h14-16,18-19,26H,2-13H2,1H3. The molecule has 4 heteroatoms. The van der Waals surface area contributed by atoms with Gasteiger partial charge in [0, 0.05) is 8.80 Å². The first kappa shape index (κ1) is 20.0. The smallest absolute Gasteiger partial charge is 0.194 e. The second kappa shape index (κ2) is 9.43. The second-order valence-electron chi connectivity index (χ2n) is 8.76. The lowest BCUT2D eigenvalue weighted by Gasteiger charge is -2.37. The number of hydrogen-bond acceptors (Lipinski definition) is 0. The Morgan fingerprint density at radius 1 is 0.885 bits per heavy atom. The Hall–Kier alpha value is -0.773. The number of rotatable bonds is 6. The van der Waals surface area contributed by atoms with E-state index in [2.05, 4.69) is 6.92 Å². The average molecular weight is 383 g/mol. The topological polar surface area (TPSA) is 0 Å². The molecule has 1 saturated carbocycles. The fourth-order valence-corrected chi connectivity index (χ4v) is 8.91. The van der Waals surface area contributed by atoms with Crippen LogP contribution in [0.5, 0.6) is 0 Å². The van der Waals surface area contributed by atoms with Crippen LogP contribution in [0.15, 0.2) is 12.1 Å². The number of aryl methyl sites for hydroxylation is 1. The summed E-state index contributed by atoms with van der Waals surface area (Å²) in [6.45, 7) is 2.33. The highest BCUT2D eigenvalue weighted by Gasteiger charge is 2.30. The third-order valence-electron chi connectivity index (χ3n) is 7.03. The minimum Gasteiger partial charge on any atom is -0.204 e. The molecule has 2 aliphatic rings. The van der Waals surface area contributed by atoms with E-state index in [9.17, 15) is 13.2 Å². The van der Waals surface area contributed by atoms with Gasteiger partial charge in [0.2, 0.25) is 0 Å². The van der Waals surface area contributed by atoms with Gasteiger partial charge in [-0.2, -0.15) is 0 Å². The maximum Gasteiger partial charge on any atom is 0.194 e. The summed E-state index contributed by atoms with van der Waals surface area (Å²) in [6.07, 6.45) is 11.1. The first-order valence-electron chi connectivity index (χ1n) is 10.7. The zero-order chi connectivity index (χ0) is 18.5. The van der Waals surface area contributed by atoms with Crippen LogP contribution in [-0.4, -0.2) is 8.80 Å². The summed E-state index contributed by atoms with van der Waals surface area (Å²) >= 11 is 0. The molecule has 1 aromatic carbocycles. The van der Waals surface area contributed by atoms with Gasteiger partial charge in [-0.25, -0.2) is 13.2 Å². The third-order valence-corrected chi connectivity index (χ3v) is 10.7. The molecule has 1 heterocycles. The average Bonchev–Trinajstić information content (AvgIpc) is 2.66. The van der Waals surface area contributed by atoms with E-state index < -0.39 is 17.5 Å². The first-order valence-corrected chi connectivity index (χ1v) is 13.1. The third kappa shape index (κ3) is 5.14. The van der Waals surface area contributed by atoms with Crippen molar-refractivity contribution in [3.05, 3.63) is 35.1 Å². The molecule has 1 aliphatic heterocycles. The van der Waals surface area contributed by atoms with Crippen molar-refractivity contribution in [2.75, 3.05) is 0 Å². The van der Waals surface area contributed by atoms with Crippen molar-refractivity contribution in [2.24, 2.45) is 17.8 Å². The maximum absolute atomic E-state index is 13.3. The van der Waals surface area contributed by atoms with Crippen LogP contribution in [0.2, 0.25) is 18.1 Å². The van der Waals surface area contributed by atoms with Gasteiger partial charge in [0.1, 0.15) is 0 Å². The molecule has 0 amide bonds. The molecule has 2 fully saturated rings. The molecule has 1 aliphatic carbocycles. The van der Waals surface area contributed by atoms with Crippen LogP contribution in [0, 0.1) is 35.2 Å². The fraction of sp³-hybridized carbons (Fsp3) is 0.727. The normalized spacial score (nSPS) is 29.7. The van der Waals surface area contributed by atoms with Crippen LogP contribution in [0.1, 0.15) is 63.9 Å². The van der Waals surface area contributed by atoms with Gasteiger partial charge < -0.3 is 0 Å². The molecule has 0 N–H and O–H groups in total.